The molecule has 0 saturated heterocycles. The number of rotatable bonds is 6. The predicted molar refractivity (Wildman–Crippen MR) is 85.5 cm³/mol. The maximum absolute atomic E-state index is 12.9. The van der Waals surface area contributed by atoms with E-state index in [2.05, 4.69) is 43.1 Å². The lowest BCUT2D eigenvalue weighted by Gasteiger charge is -2.20. The van der Waals surface area contributed by atoms with Crippen LogP contribution in [0.5, 0.6) is 0 Å². The molecule has 0 aliphatic rings. The van der Waals surface area contributed by atoms with E-state index in [0.29, 0.717) is 0 Å². The average Bonchev–Trinajstić information content (AvgIpc) is 2.48. The summed E-state index contributed by atoms with van der Waals surface area (Å²) in [6, 6.07) is 15.1. The van der Waals surface area contributed by atoms with E-state index in [1.165, 1.54) is 23.3 Å². The van der Waals surface area contributed by atoms with Gasteiger partial charge in [0.05, 0.1) is 0 Å². The number of hydrogen-bond acceptors (Lipinski definition) is 2. The van der Waals surface area contributed by atoms with Gasteiger partial charge < -0.3 is 10.6 Å². The van der Waals surface area contributed by atoms with Gasteiger partial charge in [0.15, 0.2) is 0 Å². The molecule has 0 heterocycles. The molecule has 2 N–H and O–H groups in total. The van der Waals surface area contributed by atoms with E-state index in [4.69, 9.17) is 5.73 Å². The molecule has 1 unspecified atom stereocenters. The number of halogens is 1. The second kappa shape index (κ2) is 7.34. The van der Waals surface area contributed by atoms with Crippen LogP contribution in [0.3, 0.4) is 0 Å². The maximum atomic E-state index is 12.9. The standard InChI is InChI=1S/C18H23FN2/c1-14-3-7-16(8-4-14)18(20)11-12-21(2)13-15-5-9-17(19)10-6-15/h3-10,18H,11-13,20H2,1-2H3. The van der Waals surface area contributed by atoms with E-state index in [0.717, 1.165) is 25.1 Å². The molecule has 1 atom stereocenters. The summed E-state index contributed by atoms with van der Waals surface area (Å²) in [6.07, 6.45) is 0.904. The summed E-state index contributed by atoms with van der Waals surface area (Å²) in [5.41, 5.74) is 9.77. The first kappa shape index (κ1) is 15.7. The number of nitrogens with two attached hydrogens (primary N) is 1. The van der Waals surface area contributed by atoms with Crippen molar-refractivity contribution in [3.63, 3.8) is 0 Å². The highest BCUT2D eigenvalue weighted by atomic mass is 19.1. The Labute approximate surface area is 126 Å². The van der Waals surface area contributed by atoms with Crippen LogP contribution in [0.1, 0.15) is 29.2 Å². The van der Waals surface area contributed by atoms with E-state index in [-0.39, 0.29) is 11.9 Å². The number of benzene rings is 2. The summed E-state index contributed by atoms with van der Waals surface area (Å²) in [5.74, 6) is -0.192. The average molecular weight is 286 g/mol. The Morgan fingerprint density at radius 1 is 1.05 bits per heavy atom. The zero-order valence-corrected chi connectivity index (χ0v) is 12.7. The van der Waals surface area contributed by atoms with Crippen molar-refractivity contribution in [2.45, 2.75) is 25.9 Å². The minimum absolute atomic E-state index is 0.0567. The summed E-state index contributed by atoms with van der Waals surface area (Å²) >= 11 is 0. The largest absolute Gasteiger partial charge is 0.324 e. The first-order valence-corrected chi connectivity index (χ1v) is 7.30. The number of hydrogen-bond donors (Lipinski definition) is 1. The minimum Gasteiger partial charge on any atom is -0.324 e. The smallest absolute Gasteiger partial charge is 0.123 e. The van der Waals surface area contributed by atoms with Gasteiger partial charge in [0.1, 0.15) is 5.82 Å². The molecule has 0 aromatic heterocycles. The molecule has 0 bridgehead atoms. The Morgan fingerprint density at radius 3 is 2.29 bits per heavy atom. The Hall–Kier alpha value is -1.71. The third-order valence-corrected chi connectivity index (χ3v) is 3.69. The van der Waals surface area contributed by atoms with Crippen molar-refractivity contribution in [3.05, 3.63) is 71.0 Å². The summed E-state index contributed by atoms with van der Waals surface area (Å²) in [5, 5.41) is 0. The summed E-state index contributed by atoms with van der Waals surface area (Å²) in [6.45, 7) is 3.79. The summed E-state index contributed by atoms with van der Waals surface area (Å²) in [7, 11) is 2.06. The molecule has 2 aromatic carbocycles. The Bertz CT molecular complexity index is 548. The van der Waals surface area contributed by atoms with Gasteiger partial charge in [-0.25, -0.2) is 4.39 Å². The lowest BCUT2D eigenvalue weighted by atomic mass is 10.0. The number of nitrogens with zero attached hydrogens (tertiary/aromatic N) is 1. The van der Waals surface area contributed by atoms with Crippen molar-refractivity contribution >= 4 is 0 Å². The molecule has 0 radical (unpaired) electrons. The highest BCUT2D eigenvalue weighted by Gasteiger charge is 2.08. The molecule has 2 rings (SSSR count). The molecule has 2 aromatic rings. The lowest BCUT2D eigenvalue weighted by molar-refractivity contribution is 0.311. The van der Waals surface area contributed by atoms with Crippen LogP contribution in [-0.4, -0.2) is 18.5 Å². The predicted octanol–water partition coefficient (Wildman–Crippen LogP) is 3.66. The van der Waals surface area contributed by atoms with Crippen molar-refractivity contribution in [3.8, 4) is 0 Å². The fraction of sp³-hybridized carbons (Fsp3) is 0.333. The third kappa shape index (κ3) is 4.96. The molecular formula is C18H23FN2. The van der Waals surface area contributed by atoms with Crippen LogP contribution < -0.4 is 5.73 Å². The maximum Gasteiger partial charge on any atom is 0.123 e. The van der Waals surface area contributed by atoms with Crippen LogP contribution in [0, 0.1) is 12.7 Å². The Balaban J connectivity index is 1.81. The molecule has 112 valence electrons. The molecule has 0 aliphatic heterocycles. The molecule has 21 heavy (non-hydrogen) atoms. The van der Waals surface area contributed by atoms with Crippen LogP contribution in [0.2, 0.25) is 0 Å². The van der Waals surface area contributed by atoms with E-state index >= 15 is 0 Å². The molecule has 0 saturated carbocycles. The van der Waals surface area contributed by atoms with Crippen molar-refractivity contribution in [2.24, 2.45) is 5.73 Å². The molecule has 0 spiro atoms. The van der Waals surface area contributed by atoms with Crippen LogP contribution in [-0.2, 0) is 6.54 Å². The Morgan fingerprint density at radius 2 is 1.67 bits per heavy atom. The van der Waals surface area contributed by atoms with Crippen LogP contribution in [0.15, 0.2) is 48.5 Å². The molecule has 0 fully saturated rings. The second-order valence-electron chi connectivity index (χ2n) is 5.67. The van der Waals surface area contributed by atoms with Crippen molar-refractivity contribution in [1.29, 1.82) is 0 Å². The van der Waals surface area contributed by atoms with E-state index in [1.54, 1.807) is 0 Å². The zero-order chi connectivity index (χ0) is 15.2. The van der Waals surface area contributed by atoms with E-state index < -0.39 is 0 Å². The molecule has 0 amide bonds. The first-order valence-electron chi connectivity index (χ1n) is 7.30. The molecule has 3 heteroatoms. The highest BCUT2D eigenvalue weighted by Crippen LogP contribution is 2.15. The molecular weight excluding hydrogens is 263 g/mol. The molecule has 2 nitrogen and oxygen atoms in total. The van der Waals surface area contributed by atoms with Crippen molar-refractivity contribution < 1.29 is 4.39 Å². The minimum atomic E-state index is -0.192. The molecule has 0 aliphatic carbocycles. The van der Waals surface area contributed by atoms with Gasteiger partial charge in [0, 0.05) is 12.6 Å². The van der Waals surface area contributed by atoms with Crippen LogP contribution >= 0.6 is 0 Å². The normalized spacial score (nSPS) is 12.6. The fourth-order valence-corrected chi connectivity index (χ4v) is 2.32. The van der Waals surface area contributed by atoms with Crippen LogP contribution in [0.4, 0.5) is 4.39 Å². The second-order valence-corrected chi connectivity index (χ2v) is 5.67. The van der Waals surface area contributed by atoms with Gasteiger partial charge in [-0.1, -0.05) is 42.0 Å². The quantitative estimate of drug-likeness (QED) is 0.878. The summed E-state index contributed by atoms with van der Waals surface area (Å²) in [4.78, 5) is 2.21. The fourth-order valence-electron chi connectivity index (χ4n) is 2.32. The monoisotopic (exact) mass is 286 g/mol. The van der Waals surface area contributed by atoms with Gasteiger partial charge in [-0.3, -0.25) is 0 Å². The van der Waals surface area contributed by atoms with Crippen LogP contribution in [0.25, 0.3) is 0 Å². The van der Waals surface area contributed by atoms with Gasteiger partial charge in [-0.15, -0.1) is 0 Å². The van der Waals surface area contributed by atoms with Gasteiger partial charge in [0.25, 0.3) is 0 Å². The SMILES string of the molecule is Cc1ccc(C(N)CCN(C)Cc2ccc(F)cc2)cc1. The first-order chi connectivity index (χ1) is 10.0. The zero-order valence-electron chi connectivity index (χ0n) is 12.7. The summed E-state index contributed by atoms with van der Waals surface area (Å²) < 4.78 is 12.9. The lowest BCUT2D eigenvalue weighted by Crippen LogP contribution is -2.23. The van der Waals surface area contributed by atoms with Crippen molar-refractivity contribution in [1.82, 2.24) is 4.90 Å². The van der Waals surface area contributed by atoms with E-state index in [9.17, 15) is 4.39 Å². The van der Waals surface area contributed by atoms with Gasteiger partial charge in [-0.2, -0.15) is 0 Å². The van der Waals surface area contributed by atoms with Gasteiger partial charge in [0.2, 0.25) is 0 Å². The van der Waals surface area contributed by atoms with Gasteiger partial charge >= 0.3 is 0 Å². The number of aryl methyl sites for hydroxylation is 1. The van der Waals surface area contributed by atoms with E-state index in [1.807, 2.05) is 12.1 Å². The third-order valence-electron chi connectivity index (χ3n) is 3.69. The Kier molecular flexibility index (Phi) is 5.48. The van der Waals surface area contributed by atoms with Crippen molar-refractivity contribution in [2.75, 3.05) is 13.6 Å². The topological polar surface area (TPSA) is 29.3 Å². The van der Waals surface area contributed by atoms with Gasteiger partial charge in [-0.05, 0) is 50.2 Å². The highest BCUT2D eigenvalue weighted by molar-refractivity contribution is 5.23.